The van der Waals surface area contributed by atoms with E-state index in [1.807, 2.05) is 0 Å². The molecule has 0 spiro atoms. The fourth-order valence-electron chi connectivity index (χ4n) is 11.9. The molecule has 0 amide bonds. The predicted octanol–water partition coefficient (Wildman–Crippen LogP) is 22.9. The zero-order valence-electron chi connectivity index (χ0n) is 62.5. The Labute approximate surface area is 588 Å². The largest absolute Gasteiger partial charge is 0.472 e. The smallest absolute Gasteiger partial charge is 0.462 e. The monoisotopic (exact) mass is 1410 g/mol. The van der Waals surface area contributed by atoms with E-state index in [0.717, 1.165) is 95.8 Å². The first-order valence-corrected chi connectivity index (χ1v) is 43.1. The molecule has 0 aliphatic heterocycles. The van der Waals surface area contributed by atoms with Gasteiger partial charge in [0.05, 0.1) is 26.4 Å². The van der Waals surface area contributed by atoms with Crippen molar-refractivity contribution in [2.24, 2.45) is 5.92 Å². The third kappa shape index (κ3) is 70.5. The Morgan fingerprint density at radius 3 is 0.708 bits per heavy atom. The molecular weight excluding hydrogens is 1260 g/mol. The molecule has 0 aromatic carbocycles. The van der Waals surface area contributed by atoms with Gasteiger partial charge in [-0.05, 0) is 31.6 Å². The van der Waals surface area contributed by atoms with Crippen LogP contribution >= 0.6 is 15.6 Å². The number of rotatable bonds is 77. The Bertz CT molecular complexity index is 1840. The fraction of sp³-hybridized carbons (Fsp3) is 0.948. The third-order valence-electron chi connectivity index (χ3n) is 18.0. The molecule has 0 radical (unpaired) electrons. The van der Waals surface area contributed by atoms with Gasteiger partial charge in [-0.25, -0.2) is 9.13 Å². The Morgan fingerprint density at radius 2 is 0.479 bits per heavy atom. The van der Waals surface area contributed by atoms with Crippen molar-refractivity contribution in [2.45, 2.75) is 425 Å². The lowest BCUT2D eigenvalue weighted by Gasteiger charge is -2.21. The van der Waals surface area contributed by atoms with Crippen molar-refractivity contribution in [1.29, 1.82) is 0 Å². The molecule has 570 valence electrons. The van der Waals surface area contributed by atoms with E-state index in [9.17, 15) is 43.2 Å². The van der Waals surface area contributed by atoms with Crippen LogP contribution in [0.1, 0.15) is 407 Å². The number of aliphatic hydroxyl groups is 1. The summed E-state index contributed by atoms with van der Waals surface area (Å²) in [6.07, 6.45) is 59.6. The lowest BCUT2D eigenvalue weighted by Crippen LogP contribution is -2.30. The maximum atomic E-state index is 13.1. The number of phosphoric acid groups is 2. The number of carbonyl (C=O) groups excluding carboxylic acids is 4. The van der Waals surface area contributed by atoms with Gasteiger partial charge < -0.3 is 33.8 Å². The average molecular weight is 1410 g/mol. The Kier molecular flexibility index (Phi) is 68.7. The molecule has 0 aromatic heterocycles. The highest BCUT2D eigenvalue weighted by atomic mass is 31.2. The van der Waals surface area contributed by atoms with Gasteiger partial charge in [0.25, 0.3) is 0 Å². The summed E-state index contributed by atoms with van der Waals surface area (Å²) in [4.78, 5) is 72.9. The lowest BCUT2D eigenvalue weighted by atomic mass is 10.0. The molecule has 3 N–H and O–H groups in total. The summed E-state index contributed by atoms with van der Waals surface area (Å²) in [6.45, 7) is 7.27. The minimum Gasteiger partial charge on any atom is -0.462 e. The first-order chi connectivity index (χ1) is 46.5. The van der Waals surface area contributed by atoms with Crippen LogP contribution in [0.25, 0.3) is 0 Å². The second kappa shape index (κ2) is 70.1. The first-order valence-electron chi connectivity index (χ1n) is 40.1. The first kappa shape index (κ1) is 94.1. The van der Waals surface area contributed by atoms with Gasteiger partial charge in [0.1, 0.15) is 19.3 Å². The Hall–Kier alpha value is -1.94. The summed E-state index contributed by atoms with van der Waals surface area (Å²) < 4.78 is 68.6. The number of hydrogen-bond donors (Lipinski definition) is 3. The fourth-order valence-corrected chi connectivity index (χ4v) is 13.5. The second-order valence-electron chi connectivity index (χ2n) is 28.2. The van der Waals surface area contributed by atoms with Crippen LogP contribution in [-0.4, -0.2) is 96.7 Å². The quantitative estimate of drug-likeness (QED) is 0.0222. The molecule has 17 nitrogen and oxygen atoms in total. The van der Waals surface area contributed by atoms with Crippen molar-refractivity contribution < 1.29 is 80.2 Å². The van der Waals surface area contributed by atoms with Gasteiger partial charge in [-0.3, -0.25) is 37.3 Å². The number of unbranched alkanes of at least 4 members (excludes halogenated alkanes) is 49. The molecule has 2 unspecified atom stereocenters. The molecule has 5 atom stereocenters. The maximum Gasteiger partial charge on any atom is 0.472 e. The highest BCUT2D eigenvalue weighted by Gasteiger charge is 2.30. The van der Waals surface area contributed by atoms with Crippen LogP contribution in [0, 0.1) is 5.92 Å². The molecule has 0 saturated carbocycles. The van der Waals surface area contributed by atoms with Gasteiger partial charge in [-0.1, -0.05) is 356 Å². The van der Waals surface area contributed by atoms with E-state index in [1.54, 1.807) is 0 Å². The van der Waals surface area contributed by atoms with Gasteiger partial charge >= 0.3 is 39.5 Å². The SMILES string of the molecule is CCCCCCCCCCCCCCCCCCCCC(=O)O[C@H](COC(=O)CCCCCCCCCCCCCCCC)COP(=O)(O)OC[C@@H](O)COP(=O)(O)OC[C@@H](COC(=O)CCCCCCCCCCC(C)C)OC(=O)CCCCCCCCCCCCCCC. The standard InChI is InChI=1S/C77H150O17P2/c1-6-9-12-15-18-21-24-27-29-30-31-32-35-38-41-48-53-58-63-77(82)93-72(66-87-74(79)60-55-50-45-39-36-34-28-25-22-19-16-13-10-7-2)68-91-95(83,84)89-64-71(78)65-90-96(85,86)92-69-73(67-88-75(80)61-56-51-46-43-42-44-49-54-59-70(4)5)94-76(81)62-57-52-47-40-37-33-26-23-20-17-14-11-8-3/h70-73,78H,6-69H2,1-5H3,(H,83,84)(H,85,86)/t71-,72-,73-/m1/s1. The van der Waals surface area contributed by atoms with Crippen molar-refractivity contribution in [2.75, 3.05) is 39.6 Å². The van der Waals surface area contributed by atoms with Gasteiger partial charge in [-0.15, -0.1) is 0 Å². The number of aliphatic hydroxyl groups excluding tert-OH is 1. The van der Waals surface area contributed by atoms with E-state index in [-0.39, 0.29) is 25.7 Å². The molecule has 0 fully saturated rings. The number of esters is 4. The lowest BCUT2D eigenvalue weighted by molar-refractivity contribution is -0.161. The van der Waals surface area contributed by atoms with Crippen molar-refractivity contribution in [3.63, 3.8) is 0 Å². The van der Waals surface area contributed by atoms with Crippen LogP contribution < -0.4 is 0 Å². The molecule has 0 aliphatic carbocycles. The van der Waals surface area contributed by atoms with Gasteiger partial charge in [0.2, 0.25) is 0 Å². The van der Waals surface area contributed by atoms with Crippen molar-refractivity contribution >= 4 is 39.5 Å². The van der Waals surface area contributed by atoms with Crippen molar-refractivity contribution in [3.05, 3.63) is 0 Å². The molecule has 0 rings (SSSR count). The van der Waals surface area contributed by atoms with Crippen molar-refractivity contribution in [3.8, 4) is 0 Å². The molecule has 0 aliphatic rings. The van der Waals surface area contributed by atoms with Gasteiger partial charge in [0, 0.05) is 25.7 Å². The minimum absolute atomic E-state index is 0.107. The summed E-state index contributed by atoms with van der Waals surface area (Å²) >= 11 is 0. The zero-order valence-corrected chi connectivity index (χ0v) is 64.3. The van der Waals surface area contributed by atoms with E-state index >= 15 is 0 Å². The van der Waals surface area contributed by atoms with Gasteiger partial charge in [-0.2, -0.15) is 0 Å². The van der Waals surface area contributed by atoms with Crippen LogP contribution in [0.5, 0.6) is 0 Å². The van der Waals surface area contributed by atoms with Crippen LogP contribution in [0.3, 0.4) is 0 Å². The Morgan fingerprint density at radius 1 is 0.281 bits per heavy atom. The van der Waals surface area contributed by atoms with Gasteiger partial charge in [0.15, 0.2) is 12.2 Å². The highest BCUT2D eigenvalue weighted by molar-refractivity contribution is 7.47. The summed E-state index contributed by atoms with van der Waals surface area (Å²) in [5, 5.41) is 10.6. The molecule has 19 heteroatoms. The molecule has 0 heterocycles. The summed E-state index contributed by atoms with van der Waals surface area (Å²) in [7, 11) is -9.91. The van der Waals surface area contributed by atoms with Crippen LogP contribution in [0.2, 0.25) is 0 Å². The number of hydrogen-bond acceptors (Lipinski definition) is 15. The van der Waals surface area contributed by atoms with E-state index < -0.39 is 97.5 Å². The highest BCUT2D eigenvalue weighted by Crippen LogP contribution is 2.45. The Balaban J connectivity index is 5.24. The molecule has 96 heavy (non-hydrogen) atoms. The van der Waals surface area contributed by atoms with Crippen molar-refractivity contribution in [1.82, 2.24) is 0 Å². The van der Waals surface area contributed by atoms with E-state index in [1.165, 1.54) is 231 Å². The third-order valence-corrected chi connectivity index (χ3v) is 19.9. The average Bonchev–Trinajstić information content (AvgIpc) is 1.15. The van der Waals surface area contributed by atoms with Crippen LogP contribution in [0.15, 0.2) is 0 Å². The van der Waals surface area contributed by atoms with E-state index in [0.29, 0.717) is 25.7 Å². The number of ether oxygens (including phenoxy) is 4. The number of phosphoric ester groups is 2. The van der Waals surface area contributed by atoms with E-state index in [2.05, 4.69) is 34.6 Å². The normalized spacial score (nSPS) is 13.9. The topological polar surface area (TPSA) is 237 Å². The molecule has 0 bridgehead atoms. The molecular formula is C77H150O17P2. The predicted molar refractivity (Wildman–Crippen MR) is 391 cm³/mol. The second-order valence-corrected chi connectivity index (χ2v) is 31.1. The van der Waals surface area contributed by atoms with Crippen LogP contribution in [-0.2, 0) is 65.4 Å². The molecule has 0 saturated heterocycles. The molecule has 0 aromatic rings. The number of carbonyl (C=O) groups is 4. The van der Waals surface area contributed by atoms with E-state index in [4.69, 9.17) is 37.0 Å². The van der Waals surface area contributed by atoms with Crippen LogP contribution in [0.4, 0.5) is 0 Å². The summed E-state index contributed by atoms with van der Waals surface area (Å²) in [6, 6.07) is 0. The summed E-state index contributed by atoms with van der Waals surface area (Å²) in [5.74, 6) is -1.38. The maximum absolute atomic E-state index is 13.1. The minimum atomic E-state index is -4.96. The summed E-state index contributed by atoms with van der Waals surface area (Å²) in [5.41, 5.74) is 0. The zero-order chi connectivity index (χ0) is 70.5.